The monoisotopic (exact) mass is 472 g/mol. The van der Waals surface area contributed by atoms with Crippen molar-refractivity contribution in [1.82, 2.24) is 14.8 Å². The molecule has 3 rings (SSSR count). The fraction of sp³-hybridized carbons (Fsp3) is 0.261. The van der Waals surface area contributed by atoms with Crippen LogP contribution in [-0.4, -0.2) is 26.4 Å². The minimum atomic E-state index is -0.0577. The standard InChI is InChI=1S/C23H25ClN4OS2/c1-3-13-28-21(15-30-14-17-9-11-19(24)12-10-17)26-27-23(28)31-16-22(29)25-20-8-6-5-7-18(20)4-2/h3,5-12H,1,4,13-16H2,2H3,(H,25,29). The number of halogens is 1. The van der Waals surface area contributed by atoms with Crippen molar-refractivity contribution >= 4 is 46.7 Å². The molecule has 0 fully saturated rings. The van der Waals surface area contributed by atoms with Crippen LogP contribution in [0.4, 0.5) is 5.69 Å². The van der Waals surface area contributed by atoms with Gasteiger partial charge in [-0.3, -0.25) is 4.79 Å². The Kier molecular flexibility index (Phi) is 9.06. The number of rotatable bonds is 11. The Morgan fingerprint density at radius 3 is 2.68 bits per heavy atom. The molecule has 5 nitrogen and oxygen atoms in total. The normalized spacial score (nSPS) is 10.8. The van der Waals surface area contributed by atoms with Gasteiger partial charge in [-0.2, -0.15) is 0 Å². The molecule has 0 unspecified atom stereocenters. The molecule has 0 atom stereocenters. The number of carbonyl (C=O) groups is 1. The Hall–Kier alpha value is -2.22. The van der Waals surface area contributed by atoms with Crippen molar-refractivity contribution in [2.45, 2.75) is 36.6 Å². The molecule has 0 aliphatic rings. The molecule has 31 heavy (non-hydrogen) atoms. The average molecular weight is 473 g/mol. The van der Waals surface area contributed by atoms with Crippen LogP contribution in [0, 0.1) is 0 Å². The summed E-state index contributed by atoms with van der Waals surface area (Å²) in [4.78, 5) is 12.5. The van der Waals surface area contributed by atoms with Crippen LogP contribution < -0.4 is 5.32 Å². The number of hydrogen-bond acceptors (Lipinski definition) is 5. The second kappa shape index (κ2) is 12.0. The number of aryl methyl sites for hydroxylation is 1. The summed E-state index contributed by atoms with van der Waals surface area (Å²) in [5, 5.41) is 13.1. The van der Waals surface area contributed by atoms with Crippen molar-refractivity contribution in [3.63, 3.8) is 0 Å². The van der Waals surface area contributed by atoms with E-state index in [2.05, 4.69) is 29.0 Å². The highest BCUT2D eigenvalue weighted by atomic mass is 35.5. The van der Waals surface area contributed by atoms with Crippen LogP contribution in [0.25, 0.3) is 0 Å². The van der Waals surface area contributed by atoms with Gasteiger partial charge in [-0.15, -0.1) is 28.5 Å². The van der Waals surface area contributed by atoms with Gasteiger partial charge in [-0.1, -0.05) is 66.7 Å². The predicted octanol–water partition coefficient (Wildman–Crippen LogP) is 5.84. The lowest BCUT2D eigenvalue weighted by molar-refractivity contribution is -0.113. The molecular weight excluding hydrogens is 448 g/mol. The number of amides is 1. The third-order valence-electron chi connectivity index (χ3n) is 4.52. The third-order valence-corrected chi connectivity index (χ3v) is 6.74. The van der Waals surface area contributed by atoms with Gasteiger partial charge in [-0.25, -0.2) is 0 Å². The van der Waals surface area contributed by atoms with Crippen molar-refractivity contribution in [2.75, 3.05) is 11.1 Å². The maximum Gasteiger partial charge on any atom is 0.234 e. The minimum absolute atomic E-state index is 0.0577. The van der Waals surface area contributed by atoms with Gasteiger partial charge in [0.25, 0.3) is 0 Å². The van der Waals surface area contributed by atoms with E-state index >= 15 is 0 Å². The first-order valence-electron chi connectivity index (χ1n) is 9.96. The number of allylic oxidation sites excluding steroid dienone is 1. The van der Waals surface area contributed by atoms with Gasteiger partial charge in [0.1, 0.15) is 5.82 Å². The Morgan fingerprint density at radius 1 is 1.16 bits per heavy atom. The van der Waals surface area contributed by atoms with E-state index in [-0.39, 0.29) is 11.7 Å². The zero-order valence-electron chi connectivity index (χ0n) is 17.4. The van der Waals surface area contributed by atoms with E-state index in [1.165, 1.54) is 17.3 Å². The Balaban J connectivity index is 1.57. The summed E-state index contributed by atoms with van der Waals surface area (Å²) >= 11 is 9.09. The molecule has 1 aromatic heterocycles. The zero-order chi connectivity index (χ0) is 22.1. The van der Waals surface area contributed by atoms with Crippen LogP contribution in [0.5, 0.6) is 0 Å². The molecule has 0 aliphatic heterocycles. The molecule has 2 aromatic carbocycles. The molecule has 0 radical (unpaired) electrons. The number of benzene rings is 2. The molecule has 8 heteroatoms. The fourth-order valence-corrected chi connectivity index (χ4v) is 4.77. The number of nitrogens with zero attached hydrogens (tertiary/aromatic N) is 3. The number of para-hydroxylation sites is 1. The molecule has 0 aliphatic carbocycles. The van der Waals surface area contributed by atoms with Crippen LogP contribution >= 0.6 is 35.1 Å². The summed E-state index contributed by atoms with van der Waals surface area (Å²) < 4.78 is 2.01. The fourth-order valence-electron chi connectivity index (χ4n) is 2.95. The van der Waals surface area contributed by atoms with E-state index in [9.17, 15) is 4.79 Å². The molecule has 1 N–H and O–H groups in total. The molecule has 0 bridgehead atoms. The average Bonchev–Trinajstić information content (AvgIpc) is 3.16. The minimum Gasteiger partial charge on any atom is -0.325 e. The topological polar surface area (TPSA) is 59.8 Å². The zero-order valence-corrected chi connectivity index (χ0v) is 19.8. The Morgan fingerprint density at radius 2 is 1.94 bits per heavy atom. The van der Waals surface area contributed by atoms with Crippen molar-refractivity contribution in [1.29, 1.82) is 0 Å². The summed E-state index contributed by atoms with van der Waals surface area (Å²) in [7, 11) is 0. The summed E-state index contributed by atoms with van der Waals surface area (Å²) in [5.41, 5.74) is 3.20. The van der Waals surface area contributed by atoms with Crippen LogP contribution in [-0.2, 0) is 29.3 Å². The molecule has 1 amide bonds. The van der Waals surface area contributed by atoms with Gasteiger partial charge >= 0.3 is 0 Å². The molecule has 0 saturated heterocycles. The lowest BCUT2D eigenvalue weighted by Crippen LogP contribution is -2.16. The van der Waals surface area contributed by atoms with Crippen molar-refractivity contribution in [3.05, 3.63) is 83.2 Å². The van der Waals surface area contributed by atoms with Gasteiger partial charge in [0.05, 0.1) is 11.5 Å². The van der Waals surface area contributed by atoms with E-state index in [1.807, 2.05) is 59.2 Å². The summed E-state index contributed by atoms with van der Waals surface area (Å²) in [5.74, 6) is 2.67. The number of hydrogen-bond donors (Lipinski definition) is 1. The van der Waals surface area contributed by atoms with Gasteiger partial charge < -0.3 is 9.88 Å². The van der Waals surface area contributed by atoms with Gasteiger partial charge in [0.15, 0.2) is 5.16 Å². The lowest BCUT2D eigenvalue weighted by atomic mass is 10.1. The molecule has 1 heterocycles. The first-order chi connectivity index (χ1) is 15.1. The van der Waals surface area contributed by atoms with Crippen LogP contribution in [0.15, 0.2) is 66.3 Å². The smallest absolute Gasteiger partial charge is 0.234 e. The quantitative estimate of drug-likeness (QED) is 0.280. The third kappa shape index (κ3) is 6.89. The summed E-state index contributed by atoms with van der Waals surface area (Å²) in [6.45, 7) is 6.52. The number of thioether (sulfide) groups is 2. The first kappa shape index (κ1) is 23.4. The highest BCUT2D eigenvalue weighted by Gasteiger charge is 2.14. The number of anilines is 1. The maximum absolute atomic E-state index is 12.5. The van der Waals surface area contributed by atoms with Crippen LogP contribution in [0.1, 0.15) is 23.9 Å². The second-order valence-corrected chi connectivity index (χ2v) is 9.13. The highest BCUT2D eigenvalue weighted by Crippen LogP contribution is 2.23. The number of aromatic nitrogens is 3. The summed E-state index contributed by atoms with van der Waals surface area (Å²) in [6, 6.07) is 15.7. The molecular formula is C23H25ClN4OS2. The molecule has 0 saturated carbocycles. The van der Waals surface area contributed by atoms with Gasteiger partial charge in [-0.05, 0) is 35.7 Å². The number of carbonyl (C=O) groups excluding carboxylic acids is 1. The van der Waals surface area contributed by atoms with E-state index in [0.717, 1.165) is 45.2 Å². The van der Waals surface area contributed by atoms with Crippen LogP contribution in [0.3, 0.4) is 0 Å². The van der Waals surface area contributed by atoms with Crippen LogP contribution in [0.2, 0.25) is 5.02 Å². The number of nitrogens with one attached hydrogen (secondary N) is 1. The second-order valence-electron chi connectivity index (χ2n) is 6.76. The SMILES string of the molecule is C=CCn1c(CSCc2ccc(Cl)cc2)nnc1SCC(=O)Nc1ccccc1CC. The van der Waals surface area contributed by atoms with Crippen molar-refractivity contribution in [2.24, 2.45) is 0 Å². The summed E-state index contributed by atoms with van der Waals surface area (Å²) in [6.07, 6.45) is 2.69. The highest BCUT2D eigenvalue weighted by molar-refractivity contribution is 7.99. The maximum atomic E-state index is 12.5. The Labute approximate surface area is 196 Å². The van der Waals surface area contributed by atoms with E-state index in [4.69, 9.17) is 11.6 Å². The van der Waals surface area contributed by atoms with E-state index in [0.29, 0.717) is 6.54 Å². The predicted molar refractivity (Wildman–Crippen MR) is 132 cm³/mol. The lowest BCUT2D eigenvalue weighted by Gasteiger charge is -2.10. The molecule has 162 valence electrons. The van der Waals surface area contributed by atoms with Gasteiger partial charge in [0, 0.05) is 23.0 Å². The molecule has 0 spiro atoms. The van der Waals surface area contributed by atoms with Crippen molar-refractivity contribution in [3.8, 4) is 0 Å². The largest absolute Gasteiger partial charge is 0.325 e. The Bertz CT molecular complexity index is 1020. The van der Waals surface area contributed by atoms with E-state index in [1.54, 1.807) is 11.8 Å². The van der Waals surface area contributed by atoms with E-state index < -0.39 is 0 Å². The van der Waals surface area contributed by atoms with Gasteiger partial charge in [0.2, 0.25) is 5.91 Å². The van der Waals surface area contributed by atoms with Crippen molar-refractivity contribution < 1.29 is 4.79 Å². The first-order valence-corrected chi connectivity index (χ1v) is 12.5. The molecule has 3 aromatic rings.